The lowest BCUT2D eigenvalue weighted by molar-refractivity contribution is -0.120. The summed E-state index contributed by atoms with van der Waals surface area (Å²) in [6, 6.07) is 0. The minimum absolute atomic E-state index is 0.137. The van der Waals surface area contributed by atoms with Crippen LogP contribution in [-0.4, -0.2) is 38.9 Å². The van der Waals surface area contributed by atoms with Gasteiger partial charge in [0.05, 0.1) is 13.2 Å². The predicted octanol–water partition coefficient (Wildman–Crippen LogP) is 3.69. The fourth-order valence-corrected chi connectivity index (χ4v) is 1.99. The van der Waals surface area contributed by atoms with E-state index in [9.17, 15) is 4.79 Å². The van der Waals surface area contributed by atoms with E-state index < -0.39 is 0 Å². The second-order valence-corrected chi connectivity index (χ2v) is 5.40. The molecule has 0 bridgehead atoms. The van der Waals surface area contributed by atoms with Crippen LogP contribution in [0, 0.1) is 0 Å². The molecule has 1 N–H and O–H groups in total. The van der Waals surface area contributed by atoms with Crippen molar-refractivity contribution in [1.29, 1.82) is 0 Å². The van der Waals surface area contributed by atoms with E-state index in [2.05, 4.69) is 12.2 Å². The Labute approximate surface area is 131 Å². The smallest absolute Gasteiger partial charge is 0.219 e. The lowest BCUT2D eigenvalue weighted by atomic mass is 10.2. The average Bonchev–Trinajstić information content (AvgIpc) is 2.50. The van der Waals surface area contributed by atoms with Crippen LogP contribution < -0.4 is 5.32 Å². The molecule has 0 aliphatic rings. The number of carbonyl (C=O) groups excluding carboxylic acids is 1. The summed E-state index contributed by atoms with van der Waals surface area (Å²) in [7, 11) is 0. The first-order valence-electron chi connectivity index (χ1n) is 8.73. The summed E-state index contributed by atoms with van der Waals surface area (Å²) < 4.78 is 11.0. The normalized spacial score (nSPS) is 10.8. The Hall–Kier alpha value is -0.610. The summed E-state index contributed by atoms with van der Waals surface area (Å²) >= 11 is 0. The molecule has 0 unspecified atom stereocenters. The molecule has 0 aliphatic heterocycles. The Morgan fingerprint density at radius 3 is 1.90 bits per heavy atom. The van der Waals surface area contributed by atoms with Gasteiger partial charge in [-0.05, 0) is 25.7 Å². The van der Waals surface area contributed by atoms with Crippen molar-refractivity contribution >= 4 is 5.91 Å². The van der Waals surface area contributed by atoms with Crippen molar-refractivity contribution in [3.8, 4) is 0 Å². The third-order valence-corrected chi connectivity index (χ3v) is 3.37. The maximum Gasteiger partial charge on any atom is 0.219 e. The molecule has 0 radical (unpaired) electrons. The number of nitrogens with one attached hydrogen (secondary N) is 1. The predicted molar refractivity (Wildman–Crippen MR) is 87.5 cm³/mol. The van der Waals surface area contributed by atoms with Crippen LogP contribution in [0.25, 0.3) is 0 Å². The summed E-state index contributed by atoms with van der Waals surface area (Å²) in [5.41, 5.74) is 0. The molecule has 0 fully saturated rings. The fourth-order valence-electron chi connectivity index (χ4n) is 1.99. The molecule has 0 aliphatic carbocycles. The van der Waals surface area contributed by atoms with Gasteiger partial charge in [0.15, 0.2) is 0 Å². The molecule has 0 atom stereocenters. The van der Waals surface area contributed by atoms with E-state index in [1.165, 1.54) is 32.1 Å². The quantitative estimate of drug-likeness (QED) is 0.442. The molecule has 0 aromatic heterocycles. The van der Waals surface area contributed by atoms with Crippen LogP contribution >= 0.6 is 0 Å². The maximum atomic E-state index is 11.0. The summed E-state index contributed by atoms with van der Waals surface area (Å²) in [6.07, 6.45) is 10.2. The van der Waals surface area contributed by atoms with Gasteiger partial charge >= 0.3 is 0 Å². The number of unbranched alkanes of at least 4 members (excludes halogenated alkanes) is 6. The first-order chi connectivity index (χ1) is 10.3. The topological polar surface area (TPSA) is 47.6 Å². The largest absolute Gasteiger partial charge is 0.379 e. The van der Waals surface area contributed by atoms with E-state index in [-0.39, 0.29) is 5.91 Å². The summed E-state index contributed by atoms with van der Waals surface area (Å²) in [5.74, 6) is 0.137. The van der Waals surface area contributed by atoms with Crippen LogP contribution in [0.2, 0.25) is 0 Å². The van der Waals surface area contributed by atoms with Gasteiger partial charge in [-0.2, -0.15) is 0 Å². The highest BCUT2D eigenvalue weighted by atomic mass is 16.5. The van der Waals surface area contributed by atoms with Crippen LogP contribution in [0.15, 0.2) is 0 Å². The molecule has 21 heavy (non-hydrogen) atoms. The van der Waals surface area contributed by atoms with Crippen molar-refractivity contribution in [3.63, 3.8) is 0 Å². The molecule has 4 heteroatoms. The van der Waals surface area contributed by atoms with Gasteiger partial charge in [0.2, 0.25) is 5.91 Å². The van der Waals surface area contributed by atoms with Crippen molar-refractivity contribution in [3.05, 3.63) is 0 Å². The van der Waals surface area contributed by atoms with Gasteiger partial charge < -0.3 is 14.8 Å². The summed E-state index contributed by atoms with van der Waals surface area (Å²) in [5, 5.41) is 2.88. The van der Waals surface area contributed by atoms with Gasteiger partial charge in [-0.3, -0.25) is 4.79 Å². The molecule has 0 aromatic carbocycles. The van der Waals surface area contributed by atoms with E-state index in [1.807, 2.05) is 6.92 Å². The number of hydrogen-bond acceptors (Lipinski definition) is 3. The van der Waals surface area contributed by atoms with E-state index in [4.69, 9.17) is 9.47 Å². The van der Waals surface area contributed by atoms with Gasteiger partial charge in [-0.15, -0.1) is 0 Å². The van der Waals surface area contributed by atoms with Gasteiger partial charge in [-0.25, -0.2) is 0 Å². The van der Waals surface area contributed by atoms with E-state index in [1.54, 1.807) is 0 Å². The molecule has 0 aromatic rings. The molecule has 0 saturated carbocycles. The van der Waals surface area contributed by atoms with Crippen molar-refractivity contribution in [2.24, 2.45) is 0 Å². The highest BCUT2D eigenvalue weighted by Gasteiger charge is 1.96. The van der Waals surface area contributed by atoms with Crippen LogP contribution in [0.3, 0.4) is 0 Å². The van der Waals surface area contributed by atoms with Crippen molar-refractivity contribution < 1.29 is 14.3 Å². The average molecular weight is 301 g/mol. The molecular formula is C17H35NO3. The highest BCUT2D eigenvalue weighted by molar-refractivity contribution is 5.75. The van der Waals surface area contributed by atoms with Gasteiger partial charge in [0.25, 0.3) is 0 Å². The van der Waals surface area contributed by atoms with Gasteiger partial charge in [0, 0.05) is 26.2 Å². The van der Waals surface area contributed by atoms with Crippen molar-refractivity contribution in [2.45, 2.75) is 71.6 Å². The number of amides is 1. The van der Waals surface area contributed by atoms with E-state index >= 15 is 0 Å². The van der Waals surface area contributed by atoms with Crippen LogP contribution in [0.5, 0.6) is 0 Å². The van der Waals surface area contributed by atoms with Crippen molar-refractivity contribution in [2.75, 3.05) is 33.0 Å². The van der Waals surface area contributed by atoms with Crippen LogP contribution in [0.4, 0.5) is 0 Å². The first-order valence-corrected chi connectivity index (χ1v) is 8.73. The molecule has 126 valence electrons. The number of ether oxygens (including phenoxy) is 2. The Kier molecular flexibility index (Phi) is 16.9. The Morgan fingerprint density at radius 1 is 0.762 bits per heavy atom. The molecule has 4 nitrogen and oxygen atoms in total. The molecule has 0 rings (SSSR count). The Bertz CT molecular complexity index is 222. The maximum absolute atomic E-state index is 11.0. The van der Waals surface area contributed by atoms with Gasteiger partial charge in [-0.1, -0.05) is 39.5 Å². The second kappa shape index (κ2) is 17.4. The molecule has 0 spiro atoms. The number of carbonyl (C=O) groups is 1. The summed E-state index contributed by atoms with van der Waals surface area (Å²) in [6.45, 7) is 7.95. The van der Waals surface area contributed by atoms with Gasteiger partial charge in [0.1, 0.15) is 0 Å². The SMILES string of the molecule is CCCCCCCOCCOCCCCCNC(=O)CC. The Balaban J connectivity index is 2.98. The zero-order valence-corrected chi connectivity index (χ0v) is 14.1. The van der Waals surface area contributed by atoms with E-state index in [0.29, 0.717) is 19.6 Å². The molecule has 0 saturated heterocycles. The van der Waals surface area contributed by atoms with E-state index in [0.717, 1.165) is 39.0 Å². The van der Waals surface area contributed by atoms with Crippen LogP contribution in [-0.2, 0) is 14.3 Å². The van der Waals surface area contributed by atoms with Crippen LogP contribution in [0.1, 0.15) is 71.6 Å². The third-order valence-electron chi connectivity index (χ3n) is 3.37. The lowest BCUT2D eigenvalue weighted by Crippen LogP contribution is -2.23. The van der Waals surface area contributed by atoms with Crippen molar-refractivity contribution in [1.82, 2.24) is 5.32 Å². The first kappa shape index (κ1) is 20.4. The highest BCUT2D eigenvalue weighted by Crippen LogP contribution is 2.02. The minimum Gasteiger partial charge on any atom is -0.379 e. The third kappa shape index (κ3) is 17.3. The Morgan fingerprint density at radius 2 is 1.33 bits per heavy atom. The number of rotatable bonds is 16. The molecule has 1 amide bonds. The molecule has 0 heterocycles. The number of hydrogen-bond donors (Lipinski definition) is 1. The zero-order valence-electron chi connectivity index (χ0n) is 14.1. The summed E-state index contributed by atoms with van der Waals surface area (Å²) in [4.78, 5) is 11.0. The lowest BCUT2D eigenvalue weighted by Gasteiger charge is -2.06. The monoisotopic (exact) mass is 301 g/mol. The zero-order chi connectivity index (χ0) is 15.6. The minimum atomic E-state index is 0.137. The molecular weight excluding hydrogens is 266 g/mol. The second-order valence-electron chi connectivity index (χ2n) is 5.40. The fraction of sp³-hybridized carbons (Fsp3) is 0.941. The standard InChI is InChI=1S/C17H35NO3/c1-3-5-6-7-10-13-20-15-16-21-14-11-8-9-12-18-17(19)4-2/h3-16H2,1-2H3,(H,18,19).